The molecule has 0 aliphatic heterocycles. The molecule has 4 heteroatoms. The molecule has 0 heterocycles. The van der Waals surface area contributed by atoms with Crippen LogP contribution >= 0.6 is 0 Å². The van der Waals surface area contributed by atoms with E-state index in [1.54, 1.807) is 26.0 Å². The summed E-state index contributed by atoms with van der Waals surface area (Å²) in [4.78, 5) is 12.3. The number of carbonyl (C=O) groups is 1. The predicted molar refractivity (Wildman–Crippen MR) is 78.0 cm³/mol. The summed E-state index contributed by atoms with van der Waals surface area (Å²) in [5.74, 6) is 0.424. The van der Waals surface area contributed by atoms with Crippen molar-refractivity contribution >= 4 is 5.91 Å². The van der Waals surface area contributed by atoms with Crippen LogP contribution in [0.5, 0.6) is 5.75 Å². The minimum atomic E-state index is -0.922. The second-order valence-corrected chi connectivity index (χ2v) is 6.05. The van der Waals surface area contributed by atoms with E-state index in [4.69, 9.17) is 4.74 Å². The molecule has 0 unspecified atom stereocenters. The average molecular weight is 277 g/mol. The summed E-state index contributed by atoms with van der Waals surface area (Å²) in [5, 5.41) is 12.8. The van der Waals surface area contributed by atoms with Gasteiger partial charge in [-0.3, -0.25) is 4.79 Å². The number of hydrogen-bond donors (Lipinski definition) is 2. The number of nitrogens with one attached hydrogen (secondary N) is 1. The molecule has 1 aromatic rings. The summed E-state index contributed by atoms with van der Waals surface area (Å²) in [6.45, 7) is 3.50. The van der Waals surface area contributed by atoms with Crippen molar-refractivity contribution in [1.82, 2.24) is 5.32 Å². The number of carbonyl (C=O) groups excluding carboxylic acids is 1. The summed E-state index contributed by atoms with van der Waals surface area (Å²) in [5.41, 5.74) is -0.390. The van der Waals surface area contributed by atoms with Gasteiger partial charge in [-0.2, -0.15) is 0 Å². The monoisotopic (exact) mass is 277 g/mol. The maximum absolute atomic E-state index is 12.3. The maximum atomic E-state index is 12.3. The zero-order valence-corrected chi connectivity index (χ0v) is 12.2. The highest BCUT2D eigenvalue weighted by atomic mass is 16.5. The first kappa shape index (κ1) is 14.9. The smallest absolute Gasteiger partial charge is 0.255 e. The zero-order chi connectivity index (χ0) is 14.6. The van der Waals surface area contributed by atoms with Gasteiger partial charge in [0.25, 0.3) is 5.91 Å². The molecule has 0 aromatic heterocycles. The van der Waals surface area contributed by atoms with Gasteiger partial charge < -0.3 is 15.2 Å². The molecule has 1 aliphatic carbocycles. The van der Waals surface area contributed by atoms with Crippen molar-refractivity contribution in [3.63, 3.8) is 0 Å². The van der Waals surface area contributed by atoms with Crippen LogP contribution in [0.25, 0.3) is 0 Å². The van der Waals surface area contributed by atoms with Crippen LogP contribution in [0, 0.1) is 0 Å². The van der Waals surface area contributed by atoms with Crippen LogP contribution in [0.1, 0.15) is 49.9 Å². The van der Waals surface area contributed by atoms with Gasteiger partial charge in [0.15, 0.2) is 0 Å². The van der Waals surface area contributed by atoms with Crippen LogP contribution in [0.15, 0.2) is 24.3 Å². The molecule has 1 amide bonds. The Hall–Kier alpha value is -1.55. The van der Waals surface area contributed by atoms with Crippen LogP contribution in [-0.4, -0.2) is 29.3 Å². The van der Waals surface area contributed by atoms with E-state index in [1.807, 2.05) is 12.1 Å². The van der Waals surface area contributed by atoms with Crippen molar-refractivity contribution < 1.29 is 14.6 Å². The number of ether oxygens (including phenoxy) is 1. The molecular weight excluding hydrogens is 254 g/mol. The predicted octanol–water partition coefficient (Wildman–Crippen LogP) is 2.51. The van der Waals surface area contributed by atoms with Crippen LogP contribution in [0.3, 0.4) is 0 Å². The molecule has 0 spiro atoms. The molecule has 0 bridgehead atoms. The highest BCUT2D eigenvalue weighted by molar-refractivity contribution is 5.97. The minimum absolute atomic E-state index is 0.0942. The van der Waals surface area contributed by atoms with E-state index in [9.17, 15) is 9.90 Å². The topological polar surface area (TPSA) is 58.6 Å². The zero-order valence-electron chi connectivity index (χ0n) is 12.2. The van der Waals surface area contributed by atoms with E-state index in [2.05, 4.69) is 5.32 Å². The fourth-order valence-electron chi connectivity index (χ4n) is 2.37. The van der Waals surface area contributed by atoms with Crippen molar-refractivity contribution in [1.29, 1.82) is 0 Å². The lowest BCUT2D eigenvalue weighted by atomic mass is 10.1. The molecule has 0 atom stereocenters. The molecule has 2 N–H and O–H groups in total. The lowest BCUT2D eigenvalue weighted by Gasteiger charge is -2.20. The van der Waals surface area contributed by atoms with Gasteiger partial charge in [0.1, 0.15) is 12.4 Å². The van der Waals surface area contributed by atoms with E-state index in [0.717, 1.165) is 12.8 Å². The quantitative estimate of drug-likeness (QED) is 0.869. The number of hydrogen-bond acceptors (Lipinski definition) is 3. The lowest BCUT2D eigenvalue weighted by molar-refractivity contribution is 0.0280. The molecule has 0 radical (unpaired) electrons. The summed E-state index contributed by atoms with van der Waals surface area (Å²) < 4.78 is 5.58. The minimum Gasteiger partial charge on any atom is -0.490 e. The molecule has 1 aromatic carbocycles. The first-order valence-corrected chi connectivity index (χ1v) is 7.21. The Morgan fingerprint density at radius 3 is 2.65 bits per heavy atom. The number of benzene rings is 1. The third kappa shape index (κ3) is 4.23. The molecule has 1 aliphatic rings. The molecule has 20 heavy (non-hydrogen) atoms. The first-order chi connectivity index (χ1) is 9.46. The summed E-state index contributed by atoms with van der Waals surface area (Å²) >= 11 is 0. The highest BCUT2D eigenvalue weighted by Crippen LogP contribution is 2.22. The van der Waals surface area contributed by atoms with Crippen LogP contribution < -0.4 is 10.1 Å². The van der Waals surface area contributed by atoms with Crippen molar-refractivity contribution in [2.45, 2.75) is 51.2 Å². The van der Waals surface area contributed by atoms with Gasteiger partial charge in [0, 0.05) is 6.04 Å². The van der Waals surface area contributed by atoms with Crippen LogP contribution in [0.2, 0.25) is 0 Å². The second kappa shape index (κ2) is 6.27. The Kier molecular flexibility index (Phi) is 4.65. The van der Waals surface area contributed by atoms with Gasteiger partial charge in [-0.1, -0.05) is 25.0 Å². The standard InChI is InChI=1S/C16H23NO3/c1-16(2,19)11-20-14-10-6-5-9-13(14)15(18)17-12-7-3-4-8-12/h5-6,9-10,12,19H,3-4,7-8,11H2,1-2H3,(H,17,18). The molecular formula is C16H23NO3. The van der Waals surface area contributed by atoms with Crippen molar-refractivity contribution in [3.8, 4) is 5.75 Å². The largest absolute Gasteiger partial charge is 0.490 e. The molecule has 1 fully saturated rings. The van der Waals surface area contributed by atoms with Crippen molar-refractivity contribution in [2.75, 3.05) is 6.61 Å². The summed E-state index contributed by atoms with van der Waals surface area (Å²) in [6.07, 6.45) is 4.47. The van der Waals surface area contributed by atoms with Crippen LogP contribution in [0.4, 0.5) is 0 Å². The van der Waals surface area contributed by atoms with Crippen molar-refractivity contribution in [2.24, 2.45) is 0 Å². The first-order valence-electron chi connectivity index (χ1n) is 7.21. The van der Waals surface area contributed by atoms with E-state index in [-0.39, 0.29) is 18.6 Å². The molecule has 110 valence electrons. The maximum Gasteiger partial charge on any atom is 0.255 e. The molecule has 1 saturated carbocycles. The van der Waals surface area contributed by atoms with E-state index in [0.29, 0.717) is 11.3 Å². The second-order valence-electron chi connectivity index (χ2n) is 6.05. The van der Waals surface area contributed by atoms with Crippen LogP contribution in [-0.2, 0) is 0 Å². The number of rotatable bonds is 5. The Morgan fingerprint density at radius 1 is 1.35 bits per heavy atom. The number of para-hydroxylation sites is 1. The van der Waals surface area contributed by atoms with E-state index >= 15 is 0 Å². The van der Waals surface area contributed by atoms with E-state index < -0.39 is 5.60 Å². The van der Waals surface area contributed by atoms with Gasteiger partial charge in [-0.05, 0) is 38.8 Å². The third-order valence-corrected chi connectivity index (χ3v) is 3.40. The Balaban J connectivity index is 2.04. The van der Waals surface area contributed by atoms with Gasteiger partial charge in [0.2, 0.25) is 0 Å². The Morgan fingerprint density at radius 2 is 2.00 bits per heavy atom. The molecule has 0 saturated heterocycles. The van der Waals surface area contributed by atoms with Gasteiger partial charge >= 0.3 is 0 Å². The third-order valence-electron chi connectivity index (χ3n) is 3.40. The number of amides is 1. The van der Waals surface area contributed by atoms with Crippen molar-refractivity contribution in [3.05, 3.63) is 29.8 Å². The van der Waals surface area contributed by atoms with Gasteiger partial charge in [-0.15, -0.1) is 0 Å². The molecule has 4 nitrogen and oxygen atoms in total. The molecule has 2 rings (SSSR count). The summed E-state index contributed by atoms with van der Waals surface area (Å²) in [7, 11) is 0. The van der Waals surface area contributed by atoms with E-state index in [1.165, 1.54) is 12.8 Å². The highest BCUT2D eigenvalue weighted by Gasteiger charge is 2.21. The Labute approximate surface area is 120 Å². The van der Waals surface area contributed by atoms with Gasteiger partial charge in [0.05, 0.1) is 11.2 Å². The lowest BCUT2D eigenvalue weighted by Crippen LogP contribution is -2.33. The fraction of sp³-hybridized carbons (Fsp3) is 0.562. The van der Waals surface area contributed by atoms with Gasteiger partial charge in [-0.25, -0.2) is 0 Å². The Bertz CT molecular complexity index is 459. The SMILES string of the molecule is CC(C)(O)COc1ccccc1C(=O)NC1CCCC1. The average Bonchev–Trinajstić information content (AvgIpc) is 2.88. The number of aliphatic hydroxyl groups is 1. The summed E-state index contributed by atoms with van der Waals surface area (Å²) in [6, 6.07) is 7.44. The normalized spacial score (nSPS) is 16.1. The fourth-order valence-corrected chi connectivity index (χ4v) is 2.37.